The van der Waals surface area contributed by atoms with E-state index in [-0.39, 0.29) is 6.04 Å². The Bertz CT molecular complexity index is 493. The van der Waals surface area contributed by atoms with Gasteiger partial charge in [-0.05, 0) is 24.6 Å². The predicted octanol–water partition coefficient (Wildman–Crippen LogP) is 2.92. The SMILES string of the molecule is CC(NCc1ccnn1C)c1ccccc1Cl. The minimum absolute atomic E-state index is 0.221. The average molecular weight is 250 g/mol. The molecule has 17 heavy (non-hydrogen) atoms. The largest absolute Gasteiger partial charge is 0.305 e. The van der Waals surface area contributed by atoms with Crippen molar-refractivity contribution in [1.29, 1.82) is 0 Å². The first kappa shape index (κ1) is 12.1. The van der Waals surface area contributed by atoms with Gasteiger partial charge in [0.15, 0.2) is 0 Å². The summed E-state index contributed by atoms with van der Waals surface area (Å²) in [5.74, 6) is 0. The second kappa shape index (κ2) is 5.34. The summed E-state index contributed by atoms with van der Waals surface area (Å²) >= 11 is 6.15. The van der Waals surface area contributed by atoms with E-state index in [1.165, 1.54) is 0 Å². The molecule has 2 aromatic rings. The van der Waals surface area contributed by atoms with Crippen LogP contribution in [-0.4, -0.2) is 9.78 Å². The molecule has 3 nitrogen and oxygen atoms in total. The van der Waals surface area contributed by atoms with Crippen LogP contribution in [0.4, 0.5) is 0 Å². The number of hydrogen-bond donors (Lipinski definition) is 1. The van der Waals surface area contributed by atoms with Crippen LogP contribution in [0.25, 0.3) is 0 Å². The molecule has 2 rings (SSSR count). The Morgan fingerprint density at radius 3 is 2.76 bits per heavy atom. The van der Waals surface area contributed by atoms with Gasteiger partial charge in [-0.1, -0.05) is 29.8 Å². The van der Waals surface area contributed by atoms with E-state index in [0.717, 1.165) is 22.8 Å². The van der Waals surface area contributed by atoms with E-state index in [1.54, 1.807) is 6.20 Å². The van der Waals surface area contributed by atoms with Gasteiger partial charge in [-0.3, -0.25) is 4.68 Å². The zero-order valence-corrected chi connectivity index (χ0v) is 10.8. The van der Waals surface area contributed by atoms with Crippen molar-refractivity contribution in [1.82, 2.24) is 15.1 Å². The third-order valence-electron chi connectivity index (χ3n) is 2.88. The van der Waals surface area contributed by atoms with Crippen LogP contribution < -0.4 is 5.32 Å². The summed E-state index contributed by atoms with van der Waals surface area (Å²) in [6.07, 6.45) is 1.80. The summed E-state index contributed by atoms with van der Waals surface area (Å²) < 4.78 is 1.87. The summed E-state index contributed by atoms with van der Waals surface area (Å²) in [6.45, 7) is 2.89. The number of halogens is 1. The molecule has 1 atom stereocenters. The molecule has 0 aliphatic heterocycles. The Balaban J connectivity index is 2.01. The highest BCUT2D eigenvalue weighted by Gasteiger charge is 2.09. The molecule has 0 fully saturated rings. The number of nitrogens with zero attached hydrogens (tertiary/aromatic N) is 2. The number of nitrogens with one attached hydrogen (secondary N) is 1. The minimum Gasteiger partial charge on any atom is -0.305 e. The van der Waals surface area contributed by atoms with Gasteiger partial charge in [0.05, 0.1) is 5.69 Å². The smallest absolute Gasteiger partial charge is 0.0518 e. The lowest BCUT2D eigenvalue weighted by molar-refractivity contribution is 0.548. The number of aryl methyl sites for hydroxylation is 1. The van der Waals surface area contributed by atoms with Crippen molar-refractivity contribution in [2.24, 2.45) is 7.05 Å². The maximum Gasteiger partial charge on any atom is 0.0518 e. The Hall–Kier alpha value is -1.32. The van der Waals surface area contributed by atoms with Gasteiger partial charge >= 0.3 is 0 Å². The second-order valence-electron chi connectivity index (χ2n) is 4.07. The van der Waals surface area contributed by atoms with E-state index in [0.29, 0.717) is 0 Å². The van der Waals surface area contributed by atoms with Gasteiger partial charge in [0, 0.05) is 30.9 Å². The lowest BCUT2D eigenvalue weighted by Crippen LogP contribution is -2.20. The van der Waals surface area contributed by atoms with Gasteiger partial charge < -0.3 is 5.32 Å². The van der Waals surface area contributed by atoms with E-state index >= 15 is 0 Å². The third-order valence-corrected chi connectivity index (χ3v) is 3.23. The number of aromatic nitrogens is 2. The van der Waals surface area contributed by atoms with Crippen LogP contribution in [-0.2, 0) is 13.6 Å². The Morgan fingerprint density at radius 1 is 1.35 bits per heavy atom. The molecule has 0 saturated heterocycles. The predicted molar refractivity (Wildman–Crippen MR) is 69.9 cm³/mol. The number of benzene rings is 1. The van der Waals surface area contributed by atoms with Crippen LogP contribution in [0.1, 0.15) is 24.2 Å². The molecule has 0 aliphatic rings. The Labute approximate surface area is 106 Å². The molecular formula is C13H16ClN3. The van der Waals surface area contributed by atoms with E-state index < -0.39 is 0 Å². The van der Waals surface area contributed by atoms with Crippen LogP contribution in [0.2, 0.25) is 5.02 Å². The van der Waals surface area contributed by atoms with Crippen molar-refractivity contribution in [3.8, 4) is 0 Å². The minimum atomic E-state index is 0.221. The van der Waals surface area contributed by atoms with Crippen molar-refractivity contribution >= 4 is 11.6 Å². The van der Waals surface area contributed by atoms with Crippen LogP contribution in [0.3, 0.4) is 0 Å². The fraction of sp³-hybridized carbons (Fsp3) is 0.308. The summed E-state index contributed by atoms with van der Waals surface area (Å²) in [7, 11) is 1.94. The maximum absolute atomic E-state index is 6.15. The summed E-state index contributed by atoms with van der Waals surface area (Å²) in [4.78, 5) is 0. The van der Waals surface area contributed by atoms with Crippen molar-refractivity contribution in [2.75, 3.05) is 0 Å². The van der Waals surface area contributed by atoms with Crippen LogP contribution in [0, 0.1) is 0 Å². The van der Waals surface area contributed by atoms with E-state index in [2.05, 4.69) is 17.3 Å². The molecule has 1 heterocycles. The topological polar surface area (TPSA) is 29.9 Å². The highest BCUT2D eigenvalue weighted by Crippen LogP contribution is 2.22. The van der Waals surface area contributed by atoms with Gasteiger partial charge in [0.1, 0.15) is 0 Å². The maximum atomic E-state index is 6.15. The molecule has 90 valence electrons. The molecular weight excluding hydrogens is 234 g/mol. The first-order chi connectivity index (χ1) is 8.18. The van der Waals surface area contributed by atoms with Crippen molar-refractivity contribution in [2.45, 2.75) is 19.5 Å². The first-order valence-corrected chi connectivity index (χ1v) is 6.01. The quantitative estimate of drug-likeness (QED) is 0.903. The molecule has 0 radical (unpaired) electrons. The fourth-order valence-corrected chi connectivity index (χ4v) is 2.07. The standard InChI is InChI=1S/C13H16ClN3/c1-10(12-5-3-4-6-13(12)14)15-9-11-7-8-16-17(11)2/h3-8,10,15H,9H2,1-2H3. The third kappa shape index (κ3) is 2.87. The molecule has 0 saturated carbocycles. The zero-order chi connectivity index (χ0) is 12.3. The Kier molecular flexibility index (Phi) is 3.82. The highest BCUT2D eigenvalue weighted by molar-refractivity contribution is 6.31. The summed E-state index contributed by atoms with van der Waals surface area (Å²) in [5, 5.41) is 8.38. The van der Waals surface area contributed by atoms with E-state index in [1.807, 2.05) is 42.1 Å². The molecule has 0 bridgehead atoms. The number of rotatable bonds is 4. The highest BCUT2D eigenvalue weighted by atomic mass is 35.5. The lowest BCUT2D eigenvalue weighted by atomic mass is 10.1. The molecule has 0 amide bonds. The molecule has 1 aromatic carbocycles. The Morgan fingerprint density at radius 2 is 2.12 bits per heavy atom. The van der Waals surface area contributed by atoms with Crippen molar-refractivity contribution in [3.63, 3.8) is 0 Å². The van der Waals surface area contributed by atoms with E-state index in [4.69, 9.17) is 11.6 Å². The van der Waals surface area contributed by atoms with Gasteiger partial charge in [0.25, 0.3) is 0 Å². The molecule has 0 spiro atoms. The average Bonchev–Trinajstić information content (AvgIpc) is 2.72. The summed E-state index contributed by atoms with van der Waals surface area (Å²) in [6, 6.07) is 10.1. The monoisotopic (exact) mass is 249 g/mol. The number of hydrogen-bond acceptors (Lipinski definition) is 2. The van der Waals surface area contributed by atoms with Crippen LogP contribution in [0.15, 0.2) is 36.5 Å². The molecule has 4 heteroatoms. The summed E-state index contributed by atoms with van der Waals surface area (Å²) in [5.41, 5.74) is 2.28. The van der Waals surface area contributed by atoms with E-state index in [9.17, 15) is 0 Å². The normalized spacial score (nSPS) is 12.6. The van der Waals surface area contributed by atoms with Crippen LogP contribution >= 0.6 is 11.6 Å². The molecule has 1 aromatic heterocycles. The molecule has 0 aliphatic carbocycles. The zero-order valence-electron chi connectivity index (χ0n) is 10.0. The fourth-order valence-electron chi connectivity index (χ4n) is 1.77. The van der Waals surface area contributed by atoms with Crippen LogP contribution in [0.5, 0.6) is 0 Å². The van der Waals surface area contributed by atoms with Crippen molar-refractivity contribution < 1.29 is 0 Å². The van der Waals surface area contributed by atoms with Crippen molar-refractivity contribution in [3.05, 3.63) is 52.8 Å². The second-order valence-corrected chi connectivity index (χ2v) is 4.48. The van der Waals surface area contributed by atoms with Gasteiger partial charge in [-0.15, -0.1) is 0 Å². The molecule has 1 N–H and O–H groups in total. The van der Waals surface area contributed by atoms with Gasteiger partial charge in [0.2, 0.25) is 0 Å². The van der Waals surface area contributed by atoms with Gasteiger partial charge in [-0.25, -0.2) is 0 Å². The lowest BCUT2D eigenvalue weighted by Gasteiger charge is -2.15. The first-order valence-electron chi connectivity index (χ1n) is 5.63. The molecule has 1 unspecified atom stereocenters. The van der Waals surface area contributed by atoms with Gasteiger partial charge in [-0.2, -0.15) is 5.10 Å².